The molecule has 2 aromatic heterocycles. The topological polar surface area (TPSA) is 88.1 Å². The second kappa shape index (κ2) is 6.53. The molecule has 0 aliphatic carbocycles. The molecule has 0 saturated carbocycles. The average molecular weight is 321 g/mol. The number of rotatable bonds is 5. The fourth-order valence-electron chi connectivity index (χ4n) is 2.45. The third-order valence-corrected chi connectivity index (χ3v) is 5.34. The molecule has 118 valence electrons. The zero-order valence-electron chi connectivity index (χ0n) is 12.3. The van der Waals surface area contributed by atoms with Crippen molar-refractivity contribution in [2.24, 2.45) is 0 Å². The number of fused-ring (bicyclic) bond motifs is 1. The Labute approximate surface area is 129 Å². The van der Waals surface area contributed by atoms with E-state index in [2.05, 4.69) is 25.2 Å². The number of anilines is 1. The van der Waals surface area contributed by atoms with Crippen LogP contribution in [-0.2, 0) is 9.84 Å². The fraction of sp³-hybridized carbons (Fsp3) is 0.500. The van der Waals surface area contributed by atoms with Crippen LogP contribution in [0.2, 0.25) is 0 Å². The van der Waals surface area contributed by atoms with Gasteiger partial charge in [0.2, 0.25) is 0 Å². The molecule has 1 aliphatic rings. The Balaban J connectivity index is 1.44. The van der Waals surface area contributed by atoms with E-state index in [9.17, 15) is 8.42 Å². The number of nitrogens with one attached hydrogen (secondary N) is 1. The second-order valence-electron chi connectivity index (χ2n) is 5.37. The Hall–Kier alpha value is -1.80. The van der Waals surface area contributed by atoms with Crippen molar-refractivity contribution in [1.29, 1.82) is 0 Å². The lowest BCUT2D eigenvalue weighted by molar-refractivity contribution is 0.294. The van der Waals surface area contributed by atoms with Crippen LogP contribution in [0.5, 0.6) is 0 Å². The molecule has 0 radical (unpaired) electrons. The Morgan fingerprint density at radius 2 is 1.91 bits per heavy atom. The summed E-state index contributed by atoms with van der Waals surface area (Å²) in [5, 5.41) is 3.27. The summed E-state index contributed by atoms with van der Waals surface area (Å²) in [5.41, 5.74) is 1.41. The van der Waals surface area contributed by atoms with Gasteiger partial charge in [-0.3, -0.25) is 4.98 Å². The molecule has 1 aliphatic heterocycles. The molecule has 1 N–H and O–H groups in total. The van der Waals surface area contributed by atoms with Crippen molar-refractivity contribution in [3.8, 4) is 0 Å². The SMILES string of the molecule is O=S1(=O)CCN(CCCNc2ccc3nccnc3n2)CC1. The quantitative estimate of drug-likeness (QED) is 0.805. The predicted octanol–water partition coefficient (Wildman–Crippen LogP) is 0.557. The highest BCUT2D eigenvalue weighted by molar-refractivity contribution is 7.91. The molecule has 1 saturated heterocycles. The Morgan fingerprint density at radius 3 is 2.73 bits per heavy atom. The van der Waals surface area contributed by atoms with Gasteiger partial charge < -0.3 is 10.2 Å². The van der Waals surface area contributed by atoms with Gasteiger partial charge in [0.25, 0.3) is 0 Å². The van der Waals surface area contributed by atoms with Crippen LogP contribution < -0.4 is 5.32 Å². The van der Waals surface area contributed by atoms with Crippen LogP contribution in [0.25, 0.3) is 11.2 Å². The van der Waals surface area contributed by atoms with Gasteiger partial charge in [0.05, 0.1) is 11.5 Å². The number of hydrogen-bond donors (Lipinski definition) is 1. The molecule has 0 atom stereocenters. The lowest BCUT2D eigenvalue weighted by atomic mass is 10.3. The second-order valence-corrected chi connectivity index (χ2v) is 7.67. The number of aromatic nitrogens is 3. The Morgan fingerprint density at radius 1 is 1.14 bits per heavy atom. The first-order valence-electron chi connectivity index (χ1n) is 7.37. The van der Waals surface area contributed by atoms with E-state index in [1.807, 2.05) is 12.1 Å². The monoisotopic (exact) mass is 321 g/mol. The van der Waals surface area contributed by atoms with Gasteiger partial charge in [-0.15, -0.1) is 0 Å². The maximum Gasteiger partial charge on any atom is 0.180 e. The van der Waals surface area contributed by atoms with E-state index >= 15 is 0 Å². The zero-order valence-corrected chi connectivity index (χ0v) is 13.1. The summed E-state index contributed by atoms with van der Waals surface area (Å²) in [5.74, 6) is 1.35. The smallest absolute Gasteiger partial charge is 0.180 e. The molecule has 0 bridgehead atoms. The summed E-state index contributed by atoms with van der Waals surface area (Å²) >= 11 is 0. The minimum Gasteiger partial charge on any atom is -0.370 e. The van der Waals surface area contributed by atoms with Gasteiger partial charge in [0.1, 0.15) is 11.3 Å². The molecule has 22 heavy (non-hydrogen) atoms. The third kappa shape index (κ3) is 3.89. The molecule has 0 amide bonds. The summed E-state index contributed by atoms with van der Waals surface area (Å²) in [7, 11) is -2.79. The first-order valence-corrected chi connectivity index (χ1v) is 9.19. The van der Waals surface area contributed by atoms with Crippen molar-refractivity contribution in [3.05, 3.63) is 24.5 Å². The van der Waals surface area contributed by atoms with Crippen molar-refractivity contribution >= 4 is 26.8 Å². The molecule has 0 unspecified atom stereocenters. The summed E-state index contributed by atoms with van der Waals surface area (Å²) in [4.78, 5) is 15.0. The van der Waals surface area contributed by atoms with Crippen LogP contribution in [0.1, 0.15) is 6.42 Å². The molecule has 0 spiro atoms. The first-order chi connectivity index (χ1) is 10.6. The highest BCUT2D eigenvalue weighted by Crippen LogP contribution is 2.10. The van der Waals surface area contributed by atoms with Crippen LogP contribution in [0.3, 0.4) is 0 Å². The van der Waals surface area contributed by atoms with Gasteiger partial charge in [0.15, 0.2) is 15.5 Å². The molecule has 2 aromatic rings. The maximum absolute atomic E-state index is 11.4. The van der Waals surface area contributed by atoms with Crippen LogP contribution >= 0.6 is 0 Å². The Kier molecular flexibility index (Phi) is 4.49. The Bertz CT molecular complexity index is 736. The van der Waals surface area contributed by atoms with E-state index < -0.39 is 9.84 Å². The van der Waals surface area contributed by atoms with Crippen molar-refractivity contribution in [2.45, 2.75) is 6.42 Å². The van der Waals surface area contributed by atoms with Gasteiger partial charge in [-0.25, -0.2) is 18.4 Å². The van der Waals surface area contributed by atoms with Gasteiger partial charge in [-0.2, -0.15) is 0 Å². The van der Waals surface area contributed by atoms with Crippen molar-refractivity contribution < 1.29 is 8.42 Å². The van der Waals surface area contributed by atoms with Crippen LogP contribution in [0.4, 0.5) is 5.82 Å². The summed E-state index contributed by atoms with van der Waals surface area (Å²) in [6, 6.07) is 3.79. The molecule has 3 rings (SSSR count). The highest BCUT2D eigenvalue weighted by Gasteiger charge is 2.20. The van der Waals surface area contributed by atoms with Gasteiger partial charge >= 0.3 is 0 Å². The highest BCUT2D eigenvalue weighted by atomic mass is 32.2. The number of nitrogens with zero attached hydrogens (tertiary/aromatic N) is 4. The standard InChI is InChI=1S/C14H19N5O2S/c20-22(21)10-8-19(9-11-22)7-1-4-16-13-3-2-12-14(18-13)17-6-5-15-12/h2-3,5-6H,1,4,7-11H2,(H,16,17,18). The van der Waals surface area contributed by atoms with Crippen molar-refractivity contribution in [2.75, 3.05) is 43.0 Å². The van der Waals surface area contributed by atoms with Gasteiger partial charge in [-0.1, -0.05) is 0 Å². The maximum atomic E-state index is 11.4. The van der Waals surface area contributed by atoms with Gasteiger partial charge in [-0.05, 0) is 25.1 Å². The van der Waals surface area contributed by atoms with Crippen molar-refractivity contribution in [3.63, 3.8) is 0 Å². The lowest BCUT2D eigenvalue weighted by Gasteiger charge is -2.26. The predicted molar refractivity (Wildman–Crippen MR) is 85.5 cm³/mol. The van der Waals surface area contributed by atoms with Gasteiger partial charge in [0, 0.05) is 32.0 Å². The van der Waals surface area contributed by atoms with E-state index in [4.69, 9.17) is 0 Å². The van der Waals surface area contributed by atoms with E-state index in [1.165, 1.54) is 0 Å². The minimum absolute atomic E-state index is 0.283. The summed E-state index contributed by atoms with van der Waals surface area (Å²) in [6.45, 7) is 2.98. The first kappa shape index (κ1) is 15.1. The van der Waals surface area contributed by atoms with E-state index in [0.717, 1.165) is 30.8 Å². The van der Waals surface area contributed by atoms with Crippen LogP contribution in [0.15, 0.2) is 24.5 Å². The largest absolute Gasteiger partial charge is 0.370 e. The normalized spacial score (nSPS) is 18.4. The van der Waals surface area contributed by atoms with Crippen molar-refractivity contribution in [1.82, 2.24) is 19.9 Å². The molecule has 3 heterocycles. The molecule has 0 aromatic carbocycles. The third-order valence-electron chi connectivity index (χ3n) is 3.73. The van der Waals surface area contributed by atoms with Crippen LogP contribution in [-0.4, -0.2) is 66.0 Å². The zero-order chi connectivity index (χ0) is 15.4. The minimum atomic E-state index is -2.79. The lowest BCUT2D eigenvalue weighted by Crippen LogP contribution is -2.41. The molecule has 8 heteroatoms. The average Bonchev–Trinajstić information content (AvgIpc) is 2.53. The van der Waals surface area contributed by atoms with Crippen LogP contribution in [0, 0.1) is 0 Å². The molecule has 1 fully saturated rings. The molecular formula is C14H19N5O2S. The number of hydrogen-bond acceptors (Lipinski definition) is 7. The summed E-state index contributed by atoms with van der Waals surface area (Å²) < 4.78 is 22.7. The van der Waals surface area contributed by atoms with E-state index in [1.54, 1.807) is 12.4 Å². The summed E-state index contributed by atoms with van der Waals surface area (Å²) in [6.07, 6.45) is 4.22. The molecule has 7 nitrogen and oxygen atoms in total. The van der Waals surface area contributed by atoms with E-state index in [-0.39, 0.29) is 11.5 Å². The number of pyridine rings is 1. The number of sulfone groups is 1. The molecular weight excluding hydrogens is 302 g/mol. The fourth-order valence-corrected chi connectivity index (χ4v) is 3.72. The van der Waals surface area contributed by atoms with E-state index in [0.29, 0.717) is 18.7 Å².